The molecule has 0 spiro atoms. The van der Waals surface area contributed by atoms with E-state index in [2.05, 4.69) is 110 Å². The second-order valence-corrected chi connectivity index (χ2v) is 8.16. The molecule has 0 saturated heterocycles. The van der Waals surface area contributed by atoms with E-state index in [9.17, 15) is 4.79 Å². The Bertz CT molecular complexity index is 858. The molecule has 0 radical (unpaired) electrons. The topological polar surface area (TPSA) is 73.1 Å². The van der Waals surface area contributed by atoms with Gasteiger partial charge in [-0.2, -0.15) is 5.26 Å². The maximum Gasteiger partial charge on any atom is 0.314 e. The van der Waals surface area contributed by atoms with Crippen molar-refractivity contribution in [2.75, 3.05) is 12.3 Å². The lowest BCUT2D eigenvalue weighted by Crippen LogP contribution is -2.46. The van der Waals surface area contributed by atoms with Gasteiger partial charge in [-0.15, -0.1) is 0 Å². The van der Waals surface area contributed by atoms with Crippen molar-refractivity contribution in [3.05, 3.63) is 108 Å². The molecule has 0 aromatic heterocycles. The zero-order valence-electron chi connectivity index (χ0n) is 17.9. The van der Waals surface area contributed by atoms with E-state index in [1.165, 1.54) is 16.7 Å². The van der Waals surface area contributed by atoms with Crippen LogP contribution in [0.5, 0.6) is 0 Å². The van der Waals surface area contributed by atoms with Gasteiger partial charge in [0.25, 0.3) is 0 Å². The van der Waals surface area contributed by atoms with Crippen molar-refractivity contribution < 1.29 is 9.90 Å². The van der Waals surface area contributed by atoms with Crippen LogP contribution in [0.2, 0.25) is 0 Å². The number of aliphatic carboxylic acids is 1. The molecular weight excluding hydrogens is 404 g/mol. The van der Waals surface area contributed by atoms with E-state index < -0.39 is 5.97 Å². The third-order valence-corrected chi connectivity index (χ3v) is 5.18. The number of nitrogens with zero attached hydrogens (tertiary/aromatic N) is 1. The number of nitriles is 1. The van der Waals surface area contributed by atoms with Gasteiger partial charge in [-0.3, -0.25) is 10.1 Å². The van der Waals surface area contributed by atoms with E-state index in [1.54, 1.807) is 5.40 Å². The van der Waals surface area contributed by atoms with Gasteiger partial charge in [0, 0.05) is 0 Å². The summed E-state index contributed by atoms with van der Waals surface area (Å²) >= 11 is 0.722. The Morgan fingerprint density at radius 1 is 0.903 bits per heavy atom. The summed E-state index contributed by atoms with van der Waals surface area (Å²) in [6.07, 6.45) is 0. The normalized spacial score (nSPS) is 10.6. The fourth-order valence-corrected chi connectivity index (χ4v) is 3.51. The van der Waals surface area contributed by atoms with E-state index in [1.807, 2.05) is 0 Å². The van der Waals surface area contributed by atoms with Crippen molar-refractivity contribution in [1.82, 2.24) is 5.32 Å². The number of carboxylic acids is 1. The van der Waals surface area contributed by atoms with E-state index >= 15 is 0 Å². The van der Waals surface area contributed by atoms with Crippen molar-refractivity contribution in [3.8, 4) is 5.40 Å². The van der Waals surface area contributed by atoms with Crippen molar-refractivity contribution in [2.45, 2.75) is 19.4 Å². The summed E-state index contributed by atoms with van der Waals surface area (Å²) in [4.78, 5) is 9.59. The zero-order valence-corrected chi connectivity index (χ0v) is 18.7. The van der Waals surface area contributed by atoms with Crippen LogP contribution >= 0.6 is 11.8 Å². The molecule has 3 aromatic carbocycles. The average molecular weight is 433 g/mol. The van der Waals surface area contributed by atoms with Gasteiger partial charge < -0.3 is 5.11 Å². The molecule has 4 nitrogen and oxygen atoms in total. The standard InChI is InChI=1S/C23H25N.C3H3NO2S/c1-19(2)18-24-23(20-12-6-3-7-13-20,21-14-8-4-9-15-21)22-16-10-5-11-17-22;4-2-7-1-3(5)6/h3-17,19,24H,18H2,1-2H3;1H2,(H,5,6). The van der Waals surface area contributed by atoms with Gasteiger partial charge in [0.15, 0.2) is 0 Å². The summed E-state index contributed by atoms with van der Waals surface area (Å²) in [5.74, 6) is -0.511. The van der Waals surface area contributed by atoms with E-state index in [4.69, 9.17) is 10.4 Å². The Labute approximate surface area is 188 Å². The molecule has 0 fully saturated rings. The van der Waals surface area contributed by atoms with E-state index in [0.717, 1.165) is 18.3 Å². The number of hydrogen-bond acceptors (Lipinski definition) is 4. The summed E-state index contributed by atoms with van der Waals surface area (Å²) in [6.45, 7) is 5.44. The summed E-state index contributed by atoms with van der Waals surface area (Å²) in [7, 11) is 0. The van der Waals surface area contributed by atoms with Crippen LogP contribution in [-0.4, -0.2) is 23.4 Å². The highest BCUT2D eigenvalue weighted by molar-refractivity contribution is 8.04. The van der Waals surface area contributed by atoms with E-state index in [0.29, 0.717) is 5.92 Å². The predicted molar refractivity (Wildman–Crippen MR) is 128 cm³/mol. The van der Waals surface area contributed by atoms with Crippen molar-refractivity contribution in [1.29, 1.82) is 5.26 Å². The number of nitrogens with one attached hydrogen (secondary N) is 1. The predicted octanol–water partition coefficient (Wildman–Crippen LogP) is 5.51. The molecule has 160 valence electrons. The average Bonchev–Trinajstić information content (AvgIpc) is 2.80. The van der Waals surface area contributed by atoms with Gasteiger partial charge in [-0.1, -0.05) is 105 Å². The Morgan fingerprint density at radius 2 is 1.29 bits per heavy atom. The Morgan fingerprint density at radius 3 is 1.55 bits per heavy atom. The van der Waals surface area contributed by atoms with Crippen LogP contribution in [-0.2, 0) is 10.3 Å². The van der Waals surface area contributed by atoms with Crippen LogP contribution in [0.15, 0.2) is 91.0 Å². The molecule has 0 aliphatic carbocycles. The maximum atomic E-state index is 9.59. The van der Waals surface area contributed by atoms with Crippen LogP contribution in [0.25, 0.3) is 0 Å². The zero-order chi connectivity index (χ0) is 22.5. The minimum atomic E-state index is -0.952. The SMILES string of the molecule is CC(C)CNC(c1ccccc1)(c1ccccc1)c1ccccc1.N#CSCC(=O)O. The van der Waals surface area contributed by atoms with Gasteiger partial charge in [-0.25, -0.2) is 0 Å². The first-order valence-corrected chi connectivity index (χ1v) is 11.1. The van der Waals surface area contributed by atoms with Crippen LogP contribution < -0.4 is 5.32 Å². The lowest BCUT2D eigenvalue weighted by Gasteiger charge is -2.37. The lowest BCUT2D eigenvalue weighted by molar-refractivity contribution is -0.133. The molecular formula is C26H28N2O2S. The van der Waals surface area contributed by atoms with Crippen molar-refractivity contribution >= 4 is 17.7 Å². The second-order valence-electron chi connectivity index (χ2n) is 7.40. The van der Waals surface area contributed by atoms with Crippen LogP contribution in [0, 0.1) is 16.6 Å². The number of benzene rings is 3. The summed E-state index contributed by atoms with van der Waals surface area (Å²) in [5, 5.41) is 21.2. The fraction of sp³-hybridized carbons (Fsp3) is 0.231. The molecule has 3 aromatic rings. The highest BCUT2D eigenvalue weighted by atomic mass is 32.2. The third kappa shape index (κ3) is 6.99. The molecule has 0 aliphatic rings. The van der Waals surface area contributed by atoms with Gasteiger partial charge in [-0.05, 0) is 40.9 Å². The largest absolute Gasteiger partial charge is 0.481 e. The Kier molecular flexibility index (Phi) is 9.83. The first-order valence-electron chi connectivity index (χ1n) is 10.1. The van der Waals surface area contributed by atoms with Crippen LogP contribution in [0.1, 0.15) is 30.5 Å². The molecule has 0 aliphatic heterocycles. The summed E-state index contributed by atoms with van der Waals surface area (Å²) in [6, 6.07) is 32.2. The monoisotopic (exact) mass is 432 g/mol. The van der Waals surface area contributed by atoms with E-state index in [-0.39, 0.29) is 11.3 Å². The third-order valence-electron chi connectivity index (χ3n) is 4.66. The number of carbonyl (C=O) groups is 1. The smallest absolute Gasteiger partial charge is 0.314 e. The number of rotatable bonds is 8. The minimum absolute atomic E-state index is 0.128. The van der Waals surface area contributed by atoms with Crippen molar-refractivity contribution in [3.63, 3.8) is 0 Å². The highest BCUT2D eigenvalue weighted by Gasteiger charge is 2.35. The van der Waals surface area contributed by atoms with Crippen LogP contribution in [0.4, 0.5) is 0 Å². The van der Waals surface area contributed by atoms with Gasteiger partial charge >= 0.3 is 5.97 Å². The molecule has 2 N–H and O–H groups in total. The molecule has 0 saturated carbocycles. The molecule has 3 rings (SSSR count). The lowest BCUT2D eigenvalue weighted by atomic mass is 9.77. The molecule has 31 heavy (non-hydrogen) atoms. The van der Waals surface area contributed by atoms with Crippen LogP contribution in [0.3, 0.4) is 0 Å². The number of thiocyanates is 1. The quantitative estimate of drug-likeness (QED) is 0.363. The second kappa shape index (κ2) is 12.6. The van der Waals surface area contributed by atoms with Crippen molar-refractivity contribution in [2.24, 2.45) is 5.92 Å². The number of hydrogen-bond donors (Lipinski definition) is 2. The number of thioether (sulfide) groups is 1. The highest BCUT2D eigenvalue weighted by Crippen LogP contribution is 2.36. The van der Waals surface area contributed by atoms with Gasteiger partial charge in [0.2, 0.25) is 0 Å². The Balaban J connectivity index is 0.000000423. The fourth-order valence-electron chi connectivity index (χ4n) is 3.32. The molecule has 0 bridgehead atoms. The molecule has 5 heteroatoms. The molecule has 0 heterocycles. The number of carboxylic acid groups (broad SMARTS) is 1. The minimum Gasteiger partial charge on any atom is -0.481 e. The Hall–Kier alpha value is -3.07. The van der Waals surface area contributed by atoms with Gasteiger partial charge in [0.05, 0.1) is 5.54 Å². The first kappa shape index (κ1) is 24.2. The first-order chi connectivity index (χ1) is 15.0. The van der Waals surface area contributed by atoms with Gasteiger partial charge in [0.1, 0.15) is 11.2 Å². The molecule has 0 amide bonds. The summed E-state index contributed by atoms with van der Waals surface area (Å²) < 4.78 is 0. The molecule has 0 unspecified atom stereocenters. The summed E-state index contributed by atoms with van der Waals surface area (Å²) in [5.41, 5.74) is 3.46. The maximum absolute atomic E-state index is 9.59. The molecule has 0 atom stereocenters.